The van der Waals surface area contributed by atoms with E-state index >= 15 is 0 Å². The van der Waals surface area contributed by atoms with Crippen LogP contribution in [0.2, 0.25) is 5.02 Å². The fourth-order valence-electron chi connectivity index (χ4n) is 3.04. The van der Waals surface area contributed by atoms with Crippen molar-refractivity contribution >= 4 is 39.3 Å². The molecule has 30 heavy (non-hydrogen) atoms. The number of anilines is 1. The lowest BCUT2D eigenvalue weighted by atomic mass is 10.2. The van der Waals surface area contributed by atoms with Gasteiger partial charge in [0.25, 0.3) is 0 Å². The Hall–Kier alpha value is -2.70. The van der Waals surface area contributed by atoms with Crippen molar-refractivity contribution in [1.29, 1.82) is 5.26 Å². The Morgan fingerprint density at radius 3 is 2.47 bits per heavy atom. The maximum atomic E-state index is 12.5. The van der Waals surface area contributed by atoms with Crippen LogP contribution in [-0.2, 0) is 14.8 Å². The molecule has 1 N–H and O–H groups in total. The number of nitriles is 1. The summed E-state index contributed by atoms with van der Waals surface area (Å²) in [7, 11) is -3.51. The summed E-state index contributed by atoms with van der Waals surface area (Å²) in [5.74, 6) is -0.226. The quantitative estimate of drug-likeness (QED) is 0.739. The van der Waals surface area contributed by atoms with Crippen molar-refractivity contribution in [3.05, 3.63) is 70.1 Å². The van der Waals surface area contributed by atoms with Crippen LogP contribution in [0.5, 0.6) is 0 Å². The zero-order chi connectivity index (χ0) is 21.6. The van der Waals surface area contributed by atoms with Crippen LogP contribution < -0.4 is 5.32 Å². The lowest BCUT2D eigenvalue weighted by molar-refractivity contribution is -0.117. The normalized spacial score (nSPS) is 15.7. The number of benzene rings is 2. The van der Waals surface area contributed by atoms with Gasteiger partial charge in [0.2, 0.25) is 15.9 Å². The molecule has 1 fully saturated rings. The van der Waals surface area contributed by atoms with E-state index in [1.54, 1.807) is 18.2 Å². The van der Waals surface area contributed by atoms with E-state index in [1.165, 1.54) is 15.8 Å². The molecule has 0 aromatic heterocycles. The highest BCUT2D eigenvalue weighted by Crippen LogP contribution is 2.20. The molecule has 3 rings (SSSR count). The summed E-state index contributed by atoms with van der Waals surface area (Å²) in [6.45, 7) is 1.69. The van der Waals surface area contributed by atoms with Crippen LogP contribution in [0.1, 0.15) is 11.1 Å². The van der Waals surface area contributed by atoms with Crippen LogP contribution in [0.3, 0.4) is 0 Å². The maximum Gasteiger partial charge on any atom is 0.238 e. The summed E-state index contributed by atoms with van der Waals surface area (Å²) in [6.07, 6.45) is 1.58. The second kappa shape index (κ2) is 9.87. The van der Waals surface area contributed by atoms with Gasteiger partial charge in [-0.25, -0.2) is 8.42 Å². The smallest absolute Gasteiger partial charge is 0.238 e. The summed E-state index contributed by atoms with van der Waals surface area (Å²) in [4.78, 5) is 14.2. The number of amides is 1. The van der Waals surface area contributed by atoms with Gasteiger partial charge in [0, 0.05) is 37.3 Å². The molecule has 156 valence electrons. The topological polar surface area (TPSA) is 93.5 Å². The number of hydrogen-bond acceptors (Lipinski definition) is 5. The lowest BCUT2D eigenvalue weighted by Crippen LogP contribution is -2.49. The minimum Gasteiger partial charge on any atom is -0.325 e. The molecule has 0 saturated carbocycles. The van der Waals surface area contributed by atoms with E-state index < -0.39 is 10.0 Å². The molecule has 2 aromatic rings. The number of halogens is 1. The van der Waals surface area contributed by atoms with Crippen molar-refractivity contribution in [3.8, 4) is 6.07 Å². The zero-order valence-electron chi connectivity index (χ0n) is 16.2. The van der Waals surface area contributed by atoms with Crippen molar-refractivity contribution in [1.82, 2.24) is 9.21 Å². The molecule has 1 heterocycles. The van der Waals surface area contributed by atoms with Crippen molar-refractivity contribution in [2.24, 2.45) is 0 Å². The van der Waals surface area contributed by atoms with Gasteiger partial charge in [0.1, 0.15) is 6.07 Å². The minimum atomic E-state index is -3.51. The SMILES string of the molecule is N#Cc1ccc(NC(=O)CN2CCN(S(=O)(=O)C=Cc3ccccc3)CC2)cc1Cl. The van der Waals surface area contributed by atoms with Crippen LogP contribution in [-0.4, -0.2) is 56.3 Å². The van der Waals surface area contributed by atoms with Gasteiger partial charge in [-0.3, -0.25) is 9.69 Å². The van der Waals surface area contributed by atoms with E-state index in [2.05, 4.69) is 5.32 Å². The molecule has 9 heteroatoms. The van der Waals surface area contributed by atoms with Crippen LogP contribution in [0, 0.1) is 11.3 Å². The van der Waals surface area contributed by atoms with Crippen LogP contribution in [0.25, 0.3) is 6.08 Å². The van der Waals surface area contributed by atoms with Gasteiger partial charge in [-0.05, 0) is 29.8 Å². The van der Waals surface area contributed by atoms with E-state index in [-0.39, 0.29) is 17.5 Å². The van der Waals surface area contributed by atoms with Gasteiger partial charge in [-0.2, -0.15) is 9.57 Å². The Balaban J connectivity index is 1.50. The first kappa shape index (κ1) is 22.0. The molecule has 0 atom stereocenters. The fourth-order valence-corrected chi connectivity index (χ4v) is 4.44. The van der Waals surface area contributed by atoms with E-state index in [0.717, 1.165) is 5.56 Å². The highest BCUT2D eigenvalue weighted by atomic mass is 35.5. The Morgan fingerprint density at radius 1 is 1.13 bits per heavy atom. The minimum absolute atomic E-state index is 0.144. The average molecular weight is 445 g/mol. The summed E-state index contributed by atoms with van der Waals surface area (Å²) in [5, 5.41) is 13.1. The summed E-state index contributed by atoms with van der Waals surface area (Å²) < 4.78 is 26.5. The van der Waals surface area contributed by atoms with Crippen LogP contribution >= 0.6 is 11.6 Å². The van der Waals surface area contributed by atoms with Gasteiger partial charge < -0.3 is 5.32 Å². The lowest BCUT2D eigenvalue weighted by Gasteiger charge is -2.32. The Kier molecular flexibility index (Phi) is 7.24. The van der Waals surface area contributed by atoms with Crippen molar-refractivity contribution in [3.63, 3.8) is 0 Å². The number of nitrogens with zero attached hydrogens (tertiary/aromatic N) is 3. The fraction of sp³-hybridized carbons (Fsp3) is 0.238. The highest BCUT2D eigenvalue weighted by Gasteiger charge is 2.26. The molecule has 2 aromatic carbocycles. The van der Waals surface area contributed by atoms with Crippen LogP contribution in [0.15, 0.2) is 53.9 Å². The highest BCUT2D eigenvalue weighted by molar-refractivity contribution is 7.92. The molecule has 0 radical (unpaired) electrons. The van der Waals surface area contributed by atoms with E-state index in [0.29, 0.717) is 37.4 Å². The van der Waals surface area contributed by atoms with Gasteiger partial charge >= 0.3 is 0 Å². The Bertz CT molecular complexity index is 1070. The van der Waals surface area contributed by atoms with Gasteiger partial charge in [0.05, 0.1) is 17.1 Å². The van der Waals surface area contributed by atoms with Crippen LogP contribution in [0.4, 0.5) is 5.69 Å². The number of hydrogen-bond donors (Lipinski definition) is 1. The van der Waals surface area contributed by atoms with Gasteiger partial charge in [0.15, 0.2) is 0 Å². The summed E-state index contributed by atoms with van der Waals surface area (Å²) >= 11 is 5.98. The number of rotatable bonds is 6. The number of nitrogens with one attached hydrogen (secondary N) is 1. The number of sulfonamides is 1. The molecule has 0 unspecified atom stereocenters. The maximum absolute atomic E-state index is 12.5. The molecule has 0 bridgehead atoms. The first-order valence-electron chi connectivity index (χ1n) is 9.32. The summed E-state index contributed by atoms with van der Waals surface area (Å²) in [6, 6.07) is 15.9. The number of carbonyl (C=O) groups is 1. The largest absolute Gasteiger partial charge is 0.325 e. The second-order valence-corrected chi connectivity index (χ2v) is 9.01. The molecule has 7 nitrogen and oxygen atoms in total. The number of carbonyl (C=O) groups excluding carboxylic acids is 1. The first-order valence-corrected chi connectivity index (χ1v) is 11.2. The zero-order valence-corrected chi connectivity index (χ0v) is 17.7. The standard InChI is InChI=1S/C21H21ClN4O3S/c22-20-14-19(7-6-18(20)15-23)24-21(27)16-25-9-11-26(12-10-25)30(28,29)13-8-17-4-2-1-3-5-17/h1-8,13-14H,9-12,16H2,(H,24,27). The molecule has 1 aliphatic rings. The monoisotopic (exact) mass is 444 g/mol. The first-order chi connectivity index (χ1) is 14.4. The Labute approximate surface area is 181 Å². The second-order valence-electron chi connectivity index (χ2n) is 6.79. The van der Waals surface area contributed by atoms with Gasteiger partial charge in [-0.1, -0.05) is 41.9 Å². The molecule has 1 aliphatic heterocycles. The molecule has 1 amide bonds. The third-order valence-corrected chi connectivity index (χ3v) is 6.54. The molecule has 0 spiro atoms. The predicted octanol–water partition coefficient (Wildman–Crippen LogP) is 2.77. The van der Waals surface area contributed by atoms with E-state index in [4.69, 9.17) is 16.9 Å². The molecule has 1 saturated heterocycles. The third kappa shape index (κ3) is 5.90. The van der Waals surface area contributed by atoms with Crippen molar-refractivity contribution < 1.29 is 13.2 Å². The van der Waals surface area contributed by atoms with E-state index in [9.17, 15) is 13.2 Å². The molecule has 0 aliphatic carbocycles. The van der Waals surface area contributed by atoms with Gasteiger partial charge in [-0.15, -0.1) is 0 Å². The molecular weight excluding hydrogens is 424 g/mol. The Morgan fingerprint density at radius 2 is 1.83 bits per heavy atom. The molecular formula is C21H21ClN4O3S. The number of piperazine rings is 1. The predicted molar refractivity (Wildman–Crippen MR) is 117 cm³/mol. The average Bonchev–Trinajstić information content (AvgIpc) is 2.73. The van der Waals surface area contributed by atoms with E-state index in [1.807, 2.05) is 41.3 Å². The third-order valence-electron chi connectivity index (χ3n) is 4.66. The summed E-state index contributed by atoms with van der Waals surface area (Å²) in [5.41, 5.74) is 1.67. The van der Waals surface area contributed by atoms with Crippen molar-refractivity contribution in [2.75, 3.05) is 38.0 Å². The van der Waals surface area contributed by atoms with Crippen molar-refractivity contribution in [2.45, 2.75) is 0 Å².